The first-order chi connectivity index (χ1) is 11.5. The van der Waals surface area contributed by atoms with Gasteiger partial charge in [-0.2, -0.15) is 0 Å². The molecule has 0 aromatic carbocycles. The molecule has 0 spiro atoms. The quantitative estimate of drug-likeness (QED) is 0.202. The molecule has 0 aliphatic rings. The second-order valence-electron chi connectivity index (χ2n) is 5.29. The number of amides is 4. The van der Waals surface area contributed by atoms with E-state index >= 15 is 0 Å². The molecule has 0 aliphatic carbocycles. The Hall–Kier alpha value is -2.73. The lowest BCUT2D eigenvalue weighted by Crippen LogP contribution is -2.59. The fourth-order valence-electron chi connectivity index (χ4n) is 1.71. The number of carbonyl (C=O) groups is 5. The highest BCUT2D eigenvalue weighted by Gasteiger charge is 2.31. The lowest BCUT2D eigenvalue weighted by molar-refractivity contribution is -0.144. The molecule has 9 N–H and O–H groups in total. The van der Waals surface area contributed by atoms with Crippen LogP contribution in [0, 0.1) is 0 Å². The number of rotatable bonds is 10. The summed E-state index contributed by atoms with van der Waals surface area (Å²) >= 11 is 0. The van der Waals surface area contributed by atoms with Crippen molar-refractivity contribution >= 4 is 29.6 Å². The van der Waals surface area contributed by atoms with Gasteiger partial charge in [0, 0.05) is 0 Å². The minimum Gasteiger partial charge on any atom is -0.480 e. The van der Waals surface area contributed by atoms with Crippen LogP contribution < -0.4 is 27.4 Å². The Balaban J connectivity index is 5.00. The number of carboxylic acids is 1. The number of hydrogen-bond donors (Lipinski definition) is 7. The third kappa shape index (κ3) is 8.08. The van der Waals surface area contributed by atoms with Crippen molar-refractivity contribution in [2.75, 3.05) is 6.54 Å². The first kappa shape index (κ1) is 22.3. The normalized spacial score (nSPS) is 15.2. The van der Waals surface area contributed by atoms with Crippen LogP contribution in [0.25, 0.3) is 0 Å². The van der Waals surface area contributed by atoms with Gasteiger partial charge in [-0.1, -0.05) is 0 Å². The number of carbonyl (C=O) groups excluding carboxylic acids is 4. The van der Waals surface area contributed by atoms with Crippen LogP contribution >= 0.6 is 0 Å². The van der Waals surface area contributed by atoms with E-state index in [1.54, 1.807) is 0 Å². The van der Waals surface area contributed by atoms with Gasteiger partial charge in [-0.05, 0) is 13.8 Å². The molecule has 12 nitrogen and oxygen atoms in total. The summed E-state index contributed by atoms with van der Waals surface area (Å²) in [4.78, 5) is 57.1. The molecule has 0 radical (unpaired) electrons. The highest BCUT2D eigenvalue weighted by Crippen LogP contribution is 1.99. The van der Waals surface area contributed by atoms with Crippen molar-refractivity contribution in [2.45, 2.75) is 44.5 Å². The molecule has 142 valence electrons. The number of carboxylic acid groups (broad SMARTS) is 1. The van der Waals surface area contributed by atoms with E-state index in [1.165, 1.54) is 13.8 Å². The second kappa shape index (κ2) is 10.2. The summed E-state index contributed by atoms with van der Waals surface area (Å²) in [5, 5.41) is 25.0. The first-order valence-corrected chi connectivity index (χ1v) is 7.28. The van der Waals surface area contributed by atoms with E-state index in [0.717, 1.165) is 0 Å². The van der Waals surface area contributed by atoms with E-state index in [0.29, 0.717) is 0 Å². The number of hydrogen-bond acceptors (Lipinski definition) is 7. The molecule has 0 aromatic rings. The van der Waals surface area contributed by atoms with Crippen LogP contribution in [0.2, 0.25) is 0 Å². The highest BCUT2D eigenvalue weighted by atomic mass is 16.4. The zero-order valence-electron chi connectivity index (χ0n) is 13.8. The fraction of sp³-hybridized carbons (Fsp3) is 0.615. The van der Waals surface area contributed by atoms with Crippen molar-refractivity contribution in [1.29, 1.82) is 0 Å². The molecule has 0 fully saturated rings. The van der Waals surface area contributed by atoms with Crippen LogP contribution in [0.5, 0.6) is 0 Å². The van der Waals surface area contributed by atoms with E-state index in [2.05, 4.69) is 10.6 Å². The van der Waals surface area contributed by atoms with Gasteiger partial charge in [0.1, 0.15) is 18.1 Å². The van der Waals surface area contributed by atoms with E-state index < -0.39 is 60.2 Å². The molecule has 4 unspecified atom stereocenters. The van der Waals surface area contributed by atoms with E-state index in [-0.39, 0.29) is 6.54 Å². The Kier molecular flexibility index (Phi) is 9.09. The Morgan fingerprint density at radius 1 is 1.00 bits per heavy atom. The summed E-state index contributed by atoms with van der Waals surface area (Å²) in [5.74, 6) is -4.90. The summed E-state index contributed by atoms with van der Waals surface area (Å²) < 4.78 is 0. The van der Waals surface area contributed by atoms with Gasteiger partial charge in [-0.15, -0.1) is 0 Å². The molecule has 0 rings (SSSR count). The summed E-state index contributed by atoms with van der Waals surface area (Å²) in [6.07, 6.45) is -2.05. The molecule has 25 heavy (non-hydrogen) atoms. The Labute approximate surface area is 143 Å². The molecular formula is C13H23N5O7. The third-order valence-corrected chi connectivity index (χ3v) is 3.04. The lowest BCUT2D eigenvalue weighted by Gasteiger charge is -2.24. The topological polar surface area (TPSA) is 214 Å². The second-order valence-corrected chi connectivity index (χ2v) is 5.29. The molecule has 12 heteroatoms. The molecule has 0 heterocycles. The smallest absolute Gasteiger partial charge is 0.326 e. The van der Waals surface area contributed by atoms with Gasteiger partial charge in [-0.3, -0.25) is 19.2 Å². The highest BCUT2D eigenvalue weighted by molar-refractivity contribution is 5.94. The number of aliphatic hydroxyl groups excluding tert-OH is 1. The maximum absolute atomic E-state index is 12.1. The van der Waals surface area contributed by atoms with E-state index in [4.69, 9.17) is 16.6 Å². The van der Waals surface area contributed by atoms with Crippen LogP contribution in [0.3, 0.4) is 0 Å². The van der Waals surface area contributed by atoms with Gasteiger partial charge in [0.15, 0.2) is 0 Å². The standard InChI is InChI=1S/C13H23N5O7/c1-5(16-9(21)4-14)11(22)18-10(6(2)19)12(23)17-7(13(24)25)3-8(15)20/h5-7,10,19H,3-4,14H2,1-2H3,(H2,15,20)(H,16,21)(H,17,23)(H,18,22)(H,24,25). The number of nitrogens with two attached hydrogens (primary N) is 2. The maximum atomic E-state index is 12.1. The van der Waals surface area contributed by atoms with E-state index in [1.807, 2.05) is 5.32 Å². The summed E-state index contributed by atoms with van der Waals surface area (Å²) in [5.41, 5.74) is 10.00. The zero-order chi connectivity index (χ0) is 19.7. The van der Waals surface area contributed by atoms with Crippen LogP contribution in [0.15, 0.2) is 0 Å². The molecule has 0 aromatic heterocycles. The number of aliphatic hydroxyl groups is 1. The molecule has 0 bridgehead atoms. The van der Waals surface area contributed by atoms with Crippen molar-refractivity contribution < 1.29 is 34.2 Å². The molecular weight excluding hydrogens is 338 g/mol. The molecule has 4 atom stereocenters. The summed E-state index contributed by atoms with van der Waals surface area (Å²) in [6, 6.07) is -4.18. The average Bonchev–Trinajstić information content (AvgIpc) is 2.50. The molecule has 0 saturated heterocycles. The van der Waals surface area contributed by atoms with Gasteiger partial charge in [0.25, 0.3) is 0 Å². The van der Waals surface area contributed by atoms with Crippen LogP contribution in [0.1, 0.15) is 20.3 Å². The predicted octanol–water partition coefficient (Wildman–Crippen LogP) is -4.24. The SMILES string of the molecule is CC(NC(=O)CN)C(=O)NC(C(=O)NC(CC(N)=O)C(=O)O)C(C)O. The Morgan fingerprint density at radius 3 is 1.96 bits per heavy atom. The van der Waals surface area contributed by atoms with Crippen LogP contribution in [-0.4, -0.2) is 70.6 Å². The zero-order valence-corrected chi connectivity index (χ0v) is 13.8. The molecule has 4 amide bonds. The van der Waals surface area contributed by atoms with Crippen LogP contribution in [-0.2, 0) is 24.0 Å². The van der Waals surface area contributed by atoms with Gasteiger partial charge in [-0.25, -0.2) is 4.79 Å². The van der Waals surface area contributed by atoms with Crippen molar-refractivity contribution in [2.24, 2.45) is 11.5 Å². The van der Waals surface area contributed by atoms with Crippen LogP contribution in [0.4, 0.5) is 0 Å². The maximum Gasteiger partial charge on any atom is 0.326 e. The fourth-order valence-corrected chi connectivity index (χ4v) is 1.71. The minimum atomic E-state index is -1.61. The number of aliphatic carboxylic acids is 1. The minimum absolute atomic E-state index is 0.342. The Morgan fingerprint density at radius 2 is 1.56 bits per heavy atom. The summed E-state index contributed by atoms with van der Waals surface area (Å²) in [6.45, 7) is 2.18. The van der Waals surface area contributed by atoms with Gasteiger partial charge in [0.05, 0.1) is 19.1 Å². The monoisotopic (exact) mass is 361 g/mol. The van der Waals surface area contributed by atoms with Crippen molar-refractivity contribution in [3.05, 3.63) is 0 Å². The van der Waals surface area contributed by atoms with Crippen molar-refractivity contribution in [3.8, 4) is 0 Å². The van der Waals surface area contributed by atoms with Crippen molar-refractivity contribution in [3.63, 3.8) is 0 Å². The average molecular weight is 361 g/mol. The predicted molar refractivity (Wildman–Crippen MR) is 83.6 cm³/mol. The molecule has 0 aliphatic heterocycles. The third-order valence-electron chi connectivity index (χ3n) is 3.04. The van der Waals surface area contributed by atoms with Crippen molar-refractivity contribution in [1.82, 2.24) is 16.0 Å². The van der Waals surface area contributed by atoms with E-state index in [9.17, 15) is 29.1 Å². The van der Waals surface area contributed by atoms with Gasteiger partial charge >= 0.3 is 5.97 Å². The van der Waals surface area contributed by atoms with Gasteiger partial charge in [0.2, 0.25) is 23.6 Å². The lowest BCUT2D eigenvalue weighted by atomic mass is 10.1. The molecule has 0 saturated carbocycles. The van der Waals surface area contributed by atoms with Gasteiger partial charge < -0.3 is 37.6 Å². The first-order valence-electron chi connectivity index (χ1n) is 7.28. The summed E-state index contributed by atoms with van der Waals surface area (Å²) in [7, 11) is 0. The number of nitrogens with one attached hydrogen (secondary N) is 3. The Bertz CT molecular complexity index is 537. The largest absolute Gasteiger partial charge is 0.480 e. The number of primary amides is 1.